The van der Waals surface area contributed by atoms with Gasteiger partial charge in [-0.1, -0.05) is 18.3 Å². The Morgan fingerprint density at radius 3 is 2.15 bits per heavy atom. The predicted octanol–water partition coefficient (Wildman–Crippen LogP) is 4.82. The number of hydrogen-bond donors (Lipinski definition) is 0. The summed E-state index contributed by atoms with van der Waals surface area (Å²) >= 11 is 1.45. The molecule has 1 aromatic heterocycles. The van der Waals surface area contributed by atoms with Crippen molar-refractivity contribution in [3.63, 3.8) is 0 Å². The predicted molar refractivity (Wildman–Crippen MR) is 131 cm³/mol. The van der Waals surface area contributed by atoms with E-state index in [0.29, 0.717) is 66.4 Å². The summed E-state index contributed by atoms with van der Waals surface area (Å²) in [5.41, 5.74) is 1.35. The Hall–Kier alpha value is -3.20. The second-order valence-corrected chi connectivity index (χ2v) is 8.53. The highest BCUT2D eigenvalue weighted by Gasteiger charge is 2.20. The first-order valence-corrected chi connectivity index (χ1v) is 12.5. The van der Waals surface area contributed by atoms with Gasteiger partial charge in [0.25, 0.3) is 5.91 Å². The molecular weight excluding hydrogens is 456 g/mol. The lowest BCUT2D eigenvalue weighted by Crippen LogP contribution is -2.18. The van der Waals surface area contributed by atoms with E-state index >= 15 is 0 Å². The SMILES string of the molecule is CCCn1c(=NC(=O)c2cc(OCC)c(OCC)c(OCC)c2)sc2cc3c(cc21)OCCO3. The van der Waals surface area contributed by atoms with Crippen molar-refractivity contribution in [2.45, 2.75) is 40.7 Å². The lowest BCUT2D eigenvalue weighted by atomic mass is 10.1. The topological polar surface area (TPSA) is 80.5 Å². The van der Waals surface area contributed by atoms with Crippen LogP contribution in [-0.2, 0) is 6.54 Å². The largest absolute Gasteiger partial charge is 0.490 e. The van der Waals surface area contributed by atoms with Crippen molar-refractivity contribution in [3.05, 3.63) is 34.6 Å². The van der Waals surface area contributed by atoms with E-state index in [-0.39, 0.29) is 5.91 Å². The normalized spacial score (nSPS) is 13.2. The number of aryl methyl sites for hydroxylation is 1. The van der Waals surface area contributed by atoms with Crippen LogP contribution in [0.5, 0.6) is 28.7 Å². The standard InChI is InChI=1S/C25H30N2O6S/c1-5-9-27-17-14-18-19(33-11-10-32-18)15-22(17)34-25(27)26-24(28)16-12-20(29-6-2)23(31-8-4)21(13-16)30-7-3/h12-15H,5-11H2,1-4H3. The third-order valence-electron chi connectivity index (χ3n) is 5.15. The molecule has 0 spiro atoms. The van der Waals surface area contributed by atoms with Gasteiger partial charge in [0.1, 0.15) is 13.2 Å². The summed E-state index contributed by atoms with van der Waals surface area (Å²) in [5, 5.41) is 0. The van der Waals surface area contributed by atoms with Gasteiger partial charge >= 0.3 is 0 Å². The fourth-order valence-electron chi connectivity index (χ4n) is 3.80. The molecule has 0 saturated heterocycles. The maximum atomic E-state index is 13.3. The molecule has 9 heteroatoms. The van der Waals surface area contributed by atoms with E-state index in [1.54, 1.807) is 12.1 Å². The van der Waals surface area contributed by atoms with Gasteiger partial charge in [-0.15, -0.1) is 0 Å². The molecule has 0 saturated carbocycles. The maximum Gasteiger partial charge on any atom is 0.279 e. The van der Waals surface area contributed by atoms with Gasteiger partial charge in [0.15, 0.2) is 27.8 Å². The van der Waals surface area contributed by atoms with Gasteiger partial charge in [0.05, 0.1) is 30.0 Å². The summed E-state index contributed by atoms with van der Waals surface area (Å²) in [4.78, 5) is 18.4. The van der Waals surface area contributed by atoms with Crippen LogP contribution in [0, 0.1) is 0 Å². The van der Waals surface area contributed by atoms with E-state index in [1.165, 1.54) is 11.3 Å². The number of carbonyl (C=O) groups excluding carboxylic acids is 1. The van der Waals surface area contributed by atoms with Gasteiger partial charge in [-0.05, 0) is 39.3 Å². The number of hydrogen-bond acceptors (Lipinski definition) is 7. The summed E-state index contributed by atoms with van der Waals surface area (Å²) < 4.78 is 31.8. The van der Waals surface area contributed by atoms with E-state index in [4.69, 9.17) is 23.7 Å². The minimum Gasteiger partial charge on any atom is -0.490 e. The van der Waals surface area contributed by atoms with Gasteiger partial charge in [0.2, 0.25) is 5.75 Å². The number of carbonyl (C=O) groups is 1. The quantitative estimate of drug-likeness (QED) is 0.431. The fourth-order valence-corrected chi connectivity index (χ4v) is 4.86. The van der Waals surface area contributed by atoms with Gasteiger partial charge in [-0.2, -0.15) is 4.99 Å². The molecule has 0 unspecified atom stereocenters. The van der Waals surface area contributed by atoms with Crippen LogP contribution in [-0.4, -0.2) is 43.5 Å². The van der Waals surface area contributed by atoms with Gasteiger partial charge in [-0.3, -0.25) is 4.79 Å². The molecule has 0 radical (unpaired) electrons. The first-order chi connectivity index (χ1) is 16.6. The van der Waals surface area contributed by atoms with Crippen LogP contribution in [0.2, 0.25) is 0 Å². The van der Waals surface area contributed by atoms with E-state index in [1.807, 2.05) is 32.9 Å². The average molecular weight is 487 g/mol. The Bertz CT molecular complexity index is 1220. The minimum atomic E-state index is -0.376. The summed E-state index contributed by atoms with van der Waals surface area (Å²) in [7, 11) is 0. The van der Waals surface area contributed by atoms with Crippen molar-refractivity contribution < 1.29 is 28.5 Å². The average Bonchev–Trinajstić information content (AvgIpc) is 3.15. The molecule has 2 aromatic carbocycles. The van der Waals surface area contributed by atoms with Gasteiger partial charge in [-0.25, -0.2) is 0 Å². The molecule has 1 aliphatic heterocycles. The second kappa shape index (κ2) is 10.8. The smallest absolute Gasteiger partial charge is 0.279 e. The number of benzene rings is 2. The molecule has 0 atom stereocenters. The van der Waals surface area contributed by atoms with Crippen molar-refractivity contribution in [2.24, 2.45) is 4.99 Å². The van der Waals surface area contributed by atoms with Crippen LogP contribution in [0.3, 0.4) is 0 Å². The first-order valence-electron chi connectivity index (χ1n) is 11.7. The number of ether oxygens (including phenoxy) is 5. The summed E-state index contributed by atoms with van der Waals surface area (Å²) in [6.07, 6.45) is 0.897. The summed E-state index contributed by atoms with van der Waals surface area (Å²) in [6, 6.07) is 7.26. The highest BCUT2D eigenvalue weighted by molar-refractivity contribution is 7.16. The molecule has 0 bridgehead atoms. The zero-order valence-electron chi connectivity index (χ0n) is 20.0. The van der Waals surface area contributed by atoms with Crippen molar-refractivity contribution in [3.8, 4) is 28.7 Å². The lowest BCUT2D eigenvalue weighted by Gasteiger charge is -2.18. The molecule has 0 N–H and O–H groups in total. The van der Waals surface area contributed by atoms with Crippen molar-refractivity contribution in [1.29, 1.82) is 0 Å². The number of nitrogens with zero attached hydrogens (tertiary/aromatic N) is 2. The lowest BCUT2D eigenvalue weighted by molar-refractivity contribution is 0.0996. The highest BCUT2D eigenvalue weighted by atomic mass is 32.1. The minimum absolute atomic E-state index is 0.376. The monoisotopic (exact) mass is 486 g/mol. The van der Waals surface area contributed by atoms with Crippen LogP contribution >= 0.6 is 11.3 Å². The Morgan fingerprint density at radius 2 is 1.56 bits per heavy atom. The Morgan fingerprint density at radius 1 is 0.941 bits per heavy atom. The molecule has 0 aliphatic carbocycles. The van der Waals surface area contributed by atoms with Crippen LogP contribution in [0.1, 0.15) is 44.5 Å². The number of amides is 1. The molecule has 2 heterocycles. The number of aromatic nitrogens is 1. The second-order valence-electron chi connectivity index (χ2n) is 7.52. The van der Waals surface area contributed by atoms with E-state index < -0.39 is 0 Å². The zero-order valence-corrected chi connectivity index (χ0v) is 20.8. The Kier molecular flexibility index (Phi) is 7.62. The van der Waals surface area contributed by atoms with E-state index in [9.17, 15) is 4.79 Å². The molecule has 182 valence electrons. The Labute approximate surface area is 202 Å². The maximum absolute atomic E-state index is 13.3. The van der Waals surface area contributed by atoms with Crippen molar-refractivity contribution in [2.75, 3.05) is 33.0 Å². The number of thiazole rings is 1. The third-order valence-corrected chi connectivity index (χ3v) is 6.19. The number of fused-ring (bicyclic) bond motifs is 2. The first kappa shape index (κ1) is 23.9. The Balaban J connectivity index is 1.81. The van der Waals surface area contributed by atoms with E-state index in [2.05, 4.69) is 16.5 Å². The fraction of sp³-hybridized carbons (Fsp3) is 0.440. The zero-order chi connectivity index (χ0) is 24.1. The van der Waals surface area contributed by atoms with Crippen molar-refractivity contribution in [1.82, 2.24) is 4.57 Å². The van der Waals surface area contributed by atoms with E-state index in [0.717, 1.165) is 28.9 Å². The van der Waals surface area contributed by atoms with Crippen LogP contribution in [0.25, 0.3) is 10.2 Å². The molecule has 34 heavy (non-hydrogen) atoms. The highest BCUT2D eigenvalue weighted by Crippen LogP contribution is 2.39. The molecule has 0 fully saturated rings. The summed E-state index contributed by atoms with van der Waals surface area (Å²) in [5.74, 6) is 2.49. The molecular formula is C25H30N2O6S. The van der Waals surface area contributed by atoms with Crippen LogP contribution in [0.4, 0.5) is 0 Å². The molecule has 8 nitrogen and oxygen atoms in total. The molecule has 3 aromatic rings. The molecule has 1 amide bonds. The number of rotatable bonds is 9. The van der Waals surface area contributed by atoms with Crippen LogP contribution in [0.15, 0.2) is 29.3 Å². The van der Waals surface area contributed by atoms with Gasteiger partial charge < -0.3 is 28.3 Å². The summed E-state index contributed by atoms with van der Waals surface area (Å²) in [6.45, 7) is 10.8. The third kappa shape index (κ3) is 4.84. The molecule has 1 aliphatic rings. The van der Waals surface area contributed by atoms with Crippen molar-refractivity contribution >= 4 is 27.5 Å². The van der Waals surface area contributed by atoms with Crippen LogP contribution < -0.4 is 28.5 Å². The van der Waals surface area contributed by atoms with Gasteiger partial charge in [0, 0.05) is 24.2 Å². The molecule has 4 rings (SSSR count).